The largest absolute Gasteiger partial charge is 0.484 e. The van der Waals surface area contributed by atoms with Crippen LogP contribution in [0, 0.1) is 17.7 Å². The molecule has 10 heteroatoms. The quantitative estimate of drug-likeness (QED) is 0.332. The smallest absolute Gasteiger partial charge is 0.329 e. The van der Waals surface area contributed by atoms with Crippen molar-refractivity contribution in [2.24, 2.45) is 23.3 Å². The molecule has 0 radical (unpaired) electrons. The van der Waals surface area contributed by atoms with Crippen molar-refractivity contribution in [2.45, 2.75) is 78.7 Å². The molecule has 9 nitrogen and oxygen atoms in total. The molecule has 218 valence electrons. The zero-order valence-corrected chi connectivity index (χ0v) is 24.1. The topological polar surface area (TPSA) is 151 Å². The molecule has 2 aromatic carbocycles. The molecular weight excluding hydrogens is 517 g/mol. The number of fused-ring (bicyclic) bond motifs is 1. The Balaban J connectivity index is 0.000000469. The van der Waals surface area contributed by atoms with Gasteiger partial charge in [0.25, 0.3) is 0 Å². The molecule has 3 rings (SSSR count). The van der Waals surface area contributed by atoms with Crippen LogP contribution in [0.5, 0.6) is 5.75 Å². The van der Waals surface area contributed by atoms with Crippen LogP contribution in [-0.2, 0) is 20.7 Å². The minimum Gasteiger partial charge on any atom is -0.484 e. The molecule has 2 aromatic rings. The number of ketones is 1. The number of hydrogen-bond acceptors (Lipinski definition) is 7. The van der Waals surface area contributed by atoms with E-state index < -0.39 is 35.7 Å². The van der Waals surface area contributed by atoms with Crippen LogP contribution in [0.2, 0.25) is 0 Å². The second-order valence-corrected chi connectivity index (χ2v) is 11.1. The number of halogens is 1. The number of rotatable bonds is 8. The standard InChI is InChI=1S/C23H34N2O5.C7H6FNO/c1-12(2)19(24)21(27)25-20(13(3)4)22(28)29-18-11-16-10-15(14(5)26)8-9-17(16)30-23(18,6)7;8-6-3-1-5(2-4-6)7(9)10/h8-10,12-13,18-20H,11,24H2,1-7H3,(H,25,27);1-4H,(H2,9,10)/t18-,19?,20?;/m1./s1. The molecule has 2 unspecified atom stereocenters. The van der Waals surface area contributed by atoms with E-state index in [2.05, 4.69) is 5.32 Å². The van der Waals surface area contributed by atoms with Gasteiger partial charge in [0.1, 0.15) is 29.3 Å². The summed E-state index contributed by atoms with van der Waals surface area (Å²) in [4.78, 5) is 47.5. The average Bonchev–Trinajstić information content (AvgIpc) is 2.86. The van der Waals surface area contributed by atoms with E-state index in [1.54, 1.807) is 18.2 Å². The SMILES string of the molecule is CC(=O)c1ccc2c(c1)C[C@@H](OC(=O)C(NC(=O)C(N)C(C)C)C(C)C)C(C)(C)O2.NC(=O)c1ccc(F)cc1. The van der Waals surface area contributed by atoms with Gasteiger partial charge in [-0.25, -0.2) is 9.18 Å². The fourth-order valence-corrected chi connectivity index (χ4v) is 3.91. The second-order valence-electron chi connectivity index (χ2n) is 11.1. The Bertz CT molecular complexity index is 1230. The van der Waals surface area contributed by atoms with Crippen LogP contribution in [0.1, 0.15) is 74.7 Å². The fourth-order valence-electron chi connectivity index (χ4n) is 3.91. The predicted molar refractivity (Wildman–Crippen MR) is 149 cm³/mol. The van der Waals surface area contributed by atoms with Crippen molar-refractivity contribution < 1.29 is 33.0 Å². The number of esters is 1. The molecule has 0 aliphatic carbocycles. The van der Waals surface area contributed by atoms with Crippen molar-refractivity contribution in [3.05, 3.63) is 65.0 Å². The molecule has 1 aliphatic rings. The normalized spacial score (nSPS) is 16.9. The third kappa shape index (κ3) is 8.61. The van der Waals surface area contributed by atoms with Gasteiger partial charge in [-0.2, -0.15) is 0 Å². The highest BCUT2D eigenvalue weighted by atomic mass is 19.1. The molecule has 0 spiro atoms. The maximum absolute atomic E-state index is 13.0. The Kier molecular flexibility index (Phi) is 11.0. The van der Waals surface area contributed by atoms with E-state index in [0.717, 1.165) is 5.56 Å². The van der Waals surface area contributed by atoms with E-state index in [1.807, 2.05) is 41.5 Å². The summed E-state index contributed by atoms with van der Waals surface area (Å²) >= 11 is 0. The summed E-state index contributed by atoms with van der Waals surface area (Å²) in [6.07, 6.45) is -0.156. The van der Waals surface area contributed by atoms with Gasteiger partial charge in [0.2, 0.25) is 11.8 Å². The van der Waals surface area contributed by atoms with Crippen molar-refractivity contribution >= 4 is 23.6 Å². The molecule has 2 amide bonds. The van der Waals surface area contributed by atoms with E-state index in [4.69, 9.17) is 20.9 Å². The second kappa shape index (κ2) is 13.5. The molecular formula is C30H40FN3O6. The van der Waals surface area contributed by atoms with Gasteiger partial charge in [-0.05, 0) is 80.6 Å². The Labute approximate surface area is 234 Å². The Morgan fingerprint density at radius 2 is 1.57 bits per heavy atom. The first-order chi connectivity index (χ1) is 18.5. The average molecular weight is 558 g/mol. The lowest BCUT2D eigenvalue weighted by molar-refractivity contribution is -0.166. The number of nitrogens with two attached hydrogens (primary N) is 2. The van der Waals surface area contributed by atoms with Crippen molar-refractivity contribution in [3.8, 4) is 5.75 Å². The number of Topliss-reactive ketones (excluding diaryl/α,β-unsaturated/α-hetero) is 1. The minimum atomic E-state index is -0.817. The van der Waals surface area contributed by atoms with Gasteiger partial charge in [0.15, 0.2) is 5.78 Å². The van der Waals surface area contributed by atoms with Gasteiger partial charge in [-0.1, -0.05) is 27.7 Å². The maximum Gasteiger partial charge on any atom is 0.329 e. The van der Waals surface area contributed by atoms with E-state index in [0.29, 0.717) is 23.3 Å². The first kappa shape index (κ1) is 32.4. The summed E-state index contributed by atoms with van der Waals surface area (Å²) in [6.45, 7) is 12.6. The lowest BCUT2D eigenvalue weighted by Gasteiger charge is -2.40. The molecule has 0 saturated carbocycles. The number of benzene rings is 2. The molecule has 0 fully saturated rings. The number of nitrogens with one attached hydrogen (secondary N) is 1. The molecule has 3 atom stereocenters. The Morgan fingerprint density at radius 3 is 2.08 bits per heavy atom. The van der Waals surface area contributed by atoms with Gasteiger partial charge in [-0.3, -0.25) is 14.4 Å². The molecule has 5 N–H and O–H groups in total. The summed E-state index contributed by atoms with van der Waals surface area (Å²) in [5.41, 5.74) is 11.8. The summed E-state index contributed by atoms with van der Waals surface area (Å²) in [5, 5.41) is 2.73. The predicted octanol–water partition coefficient (Wildman–Crippen LogP) is 3.56. The maximum atomic E-state index is 13.0. The van der Waals surface area contributed by atoms with E-state index >= 15 is 0 Å². The number of amides is 2. The highest BCUT2D eigenvalue weighted by Gasteiger charge is 2.41. The molecule has 1 heterocycles. The highest BCUT2D eigenvalue weighted by molar-refractivity contribution is 5.94. The Hall–Kier alpha value is -3.79. The summed E-state index contributed by atoms with van der Waals surface area (Å²) in [6, 6.07) is 8.84. The zero-order chi connectivity index (χ0) is 30.4. The molecule has 1 aliphatic heterocycles. The lowest BCUT2D eigenvalue weighted by atomic mass is 9.89. The van der Waals surface area contributed by atoms with E-state index in [-0.39, 0.29) is 29.3 Å². The molecule has 0 aromatic heterocycles. The first-order valence-corrected chi connectivity index (χ1v) is 13.2. The third-order valence-corrected chi connectivity index (χ3v) is 6.65. The van der Waals surface area contributed by atoms with Crippen LogP contribution in [0.4, 0.5) is 4.39 Å². The zero-order valence-electron chi connectivity index (χ0n) is 24.1. The highest BCUT2D eigenvalue weighted by Crippen LogP contribution is 2.35. The number of ether oxygens (including phenoxy) is 2. The first-order valence-electron chi connectivity index (χ1n) is 13.2. The fraction of sp³-hybridized carbons (Fsp3) is 0.467. The van der Waals surface area contributed by atoms with Gasteiger partial charge < -0.3 is 26.3 Å². The van der Waals surface area contributed by atoms with Crippen molar-refractivity contribution in [1.29, 1.82) is 0 Å². The van der Waals surface area contributed by atoms with Crippen LogP contribution < -0.4 is 21.5 Å². The van der Waals surface area contributed by atoms with Crippen LogP contribution in [0.15, 0.2) is 42.5 Å². The number of carbonyl (C=O) groups excluding carboxylic acids is 4. The lowest BCUT2D eigenvalue weighted by Crippen LogP contribution is -2.55. The number of hydrogen-bond donors (Lipinski definition) is 3. The van der Waals surface area contributed by atoms with Crippen LogP contribution in [0.25, 0.3) is 0 Å². The molecule has 0 bridgehead atoms. The van der Waals surface area contributed by atoms with E-state index in [1.165, 1.54) is 31.2 Å². The monoisotopic (exact) mass is 557 g/mol. The number of carbonyl (C=O) groups is 4. The van der Waals surface area contributed by atoms with Crippen LogP contribution in [-0.4, -0.2) is 47.4 Å². The van der Waals surface area contributed by atoms with Crippen molar-refractivity contribution in [3.63, 3.8) is 0 Å². The third-order valence-electron chi connectivity index (χ3n) is 6.65. The van der Waals surface area contributed by atoms with Gasteiger partial charge in [-0.15, -0.1) is 0 Å². The van der Waals surface area contributed by atoms with Gasteiger partial charge in [0.05, 0.1) is 6.04 Å². The molecule has 40 heavy (non-hydrogen) atoms. The van der Waals surface area contributed by atoms with Gasteiger partial charge >= 0.3 is 5.97 Å². The molecule has 0 saturated heterocycles. The van der Waals surface area contributed by atoms with Gasteiger partial charge in [0, 0.05) is 17.5 Å². The Morgan fingerprint density at radius 1 is 1.00 bits per heavy atom. The van der Waals surface area contributed by atoms with E-state index in [9.17, 15) is 23.6 Å². The summed E-state index contributed by atoms with van der Waals surface area (Å²) in [7, 11) is 0. The summed E-state index contributed by atoms with van der Waals surface area (Å²) < 4.78 is 24.1. The van der Waals surface area contributed by atoms with Crippen molar-refractivity contribution in [2.75, 3.05) is 0 Å². The minimum absolute atomic E-state index is 0.0414. The van der Waals surface area contributed by atoms with Crippen LogP contribution in [0.3, 0.4) is 0 Å². The van der Waals surface area contributed by atoms with Crippen LogP contribution >= 0.6 is 0 Å². The summed E-state index contributed by atoms with van der Waals surface area (Å²) in [5.74, 6) is -1.41. The number of primary amides is 1. The van der Waals surface area contributed by atoms with Crippen molar-refractivity contribution in [1.82, 2.24) is 5.32 Å².